The lowest BCUT2D eigenvalue weighted by atomic mass is 10.0. The number of hydrogen-bond acceptors (Lipinski definition) is 4. The lowest BCUT2D eigenvalue weighted by molar-refractivity contribution is 0.0972. The van der Waals surface area contributed by atoms with Gasteiger partial charge in [0.15, 0.2) is 11.7 Å². The second-order valence-electron chi connectivity index (χ2n) is 6.71. The summed E-state index contributed by atoms with van der Waals surface area (Å²) in [6.07, 6.45) is 2.13. The normalized spacial score (nSPS) is 16.8. The van der Waals surface area contributed by atoms with E-state index in [1.807, 2.05) is 25.1 Å². The smallest absolute Gasteiger partial charge is 0.284 e. The topological polar surface area (TPSA) is 95.9 Å². The molecule has 1 atom stereocenters. The van der Waals surface area contributed by atoms with E-state index >= 15 is 0 Å². The third kappa shape index (κ3) is 6.53. The van der Waals surface area contributed by atoms with Gasteiger partial charge in [-0.1, -0.05) is 23.7 Å². The van der Waals surface area contributed by atoms with Gasteiger partial charge in [-0.2, -0.15) is 0 Å². The Morgan fingerprint density at radius 2 is 2.14 bits per heavy atom. The molecule has 1 saturated heterocycles. The summed E-state index contributed by atoms with van der Waals surface area (Å²) >= 11 is 6.36. The first-order chi connectivity index (χ1) is 13.6. The Bertz CT molecular complexity index is 842. The van der Waals surface area contributed by atoms with Gasteiger partial charge in [-0.15, -0.1) is 24.0 Å². The van der Waals surface area contributed by atoms with Gasteiger partial charge in [-0.05, 0) is 44.0 Å². The number of hydrogen-bond donors (Lipinski definition) is 3. The molecule has 3 rings (SSSR count). The van der Waals surface area contributed by atoms with Crippen molar-refractivity contribution >= 4 is 53.1 Å². The molecule has 1 aliphatic heterocycles. The minimum atomic E-state index is -0.581. The van der Waals surface area contributed by atoms with Crippen molar-refractivity contribution in [1.82, 2.24) is 10.6 Å². The number of guanidine groups is 1. The summed E-state index contributed by atoms with van der Waals surface area (Å²) < 4.78 is 5.39. The number of halogens is 2. The van der Waals surface area contributed by atoms with Gasteiger partial charge in [0.2, 0.25) is 0 Å². The predicted molar refractivity (Wildman–Crippen MR) is 127 cm³/mol. The molecule has 9 heteroatoms. The lowest BCUT2D eigenvalue weighted by Gasteiger charge is -2.35. The van der Waals surface area contributed by atoms with E-state index in [-0.39, 0.29) is 35.8 Å². The number of anilines is 1. The van der Waals surface area contributed by atoms with Gasteiger partial charge in [0, 0.05) is 25.7 Å². The first-order valence-corrected chi connectivity index (χ1v) is 9.87. The van der Waals surface area contributed by atoms with Crippen molar-refractivity contribution in [3.05, 3.63) is 52.9 Å². The quantitative estimate of drug-likeness (QED) is 0.302. The average Bonchev–Trinajstić information content (AvgIpc) is 3.16. The van der Waals surface area contributed by atoms with Crippen molar-refractivity contribution in [3.63, 3.8) is 0 Å². The van der Waals surface area contributed by atoms with Crippen LogP contribution in [-0.4, -0.2) is 37.5 Å². The number of para-hydroxylation sites is 1. The van der Waals surface area contributed by atoms with Crippen LogP contribution in [0.5, 0.6) is 0 Å². The fraction of sp³-hybridized carbons (Fsp3) is 0.400. The first-order valence-electron chi connectivity index (χ1n) is 9.49. The van der Waals surface area contributed by atoms with Gasteiger partial charge in [-0.25, -0.2) is 4.99 Å². The molecule has 158 valence electrons. The first kappa shape index (κ1) is 23.3. The molecule has 0 spiro atoms. The number of furan rings is 1. The molecular formula is C20H27ClIN5O2. The molecule has 1 aliphatic rings. The van der Waals surface area contributed by atoms with Gasteiger partial charge in [0.25, 0.3) is 5.91 Å². The van der Waals surface area contributed by atoms with Crippen LogP contribution in [0.25, 0.3) is 0 Å². The van der Waals surface area contributed by atoms with Crippen molar-refractivity contribution in [2.45, 2.75) is 32.4 Å². The molecule has 0 saturated carbocycles. The largest absolute Gasteiger partial charge is 0.454 e. The van der Waals surface area contributed by atoms with Gasteiger partial charge in [-0.3, -0.25) is 4.79 Å². The Labute approximate surface area is 193 Å². The maximum absolute atomic E-state index is 11.1. The van der Waals surface area contributed by atoms with Crippen LogP contribution in [0.1, 0.15) is 36.1 Å². The summed E-state index contributed by atoms with van der Waals surface area (Å²) in [7, 11) is 0. The average molecular weight is 532 g/mol. The van der Waals surface area contributed by atoms with Crippen LogP contribution < -0.4 is 21.3 Å². The zero-order valence-electron chi connectivity index (χ0n) is 16.4. The summed E-state index contributed by atoms with van der Waals surface area (Å²) in [5, 5.41) is 7.52. The summed E-state index contributed by atoms with van der Waals surface area (Å²) in [6.45, 7) is 4.92. The van der Waals surface area contributed by atoms with Crippen molar-refractivity contribution < 1.29 is 9.21 Å². The number of amides is 1. The molecule has 1 aromatic carbocycles. The number of aliphatic imine (C=N–C) groups is 1. The van der Waals surface area contributed by atoms with Crippen LogP contribution in [0.15, 0.2) is 45.8 Å². The number of carbonyl (C=O) groups is 1. The van der Waals surface area contributed by atoms with Crippen molar-refractivity contribution in [2.75, 3.05) is 24.5 Å². The third-order valence-corrected chi connectivity index (χ3v) is 4.92. The number of nitrogens with one attached hydrogen (secondary N) is 2. The van der Waals surface area contributed by atoms with E-state index in [2.05, 4.69) is 26.6 Å². The van der Waals surface area contributed by atoms with Gasteiger partial charge in [0.1, 0.15) is 12.3 Å². The molecule has 0 bridgehead atoms. The van der Waals surface area contributed by atoms with Crippen molar-refractivity contribution in [2.24, 2.45) is 10.7 Å². The zero-order chi connectivity index (χ0) is 19.9. The summed E-state index contributed by atoms with van der Waals surface area (Å²) in [5.74, 6) is 0.867. The van der Waals surface area contributed by atoms with Crippen LogP contribution in [-0.2, 0) is 6.54 Å². The molecular weight excluding hydrogens is 505 g/mol. The molecule has 4 N–H and O–H groups in total. The Morgan fingerprint density at radius 3 is 2.83 bits per heavy atom. The highest BCUT2D eigenvalue weighted by Gasteiger charge is 2.22. The minimum absolute atomic E-state index is 0. The van der Waals surface area contributed by atoms with Gasteiger partial charge >= 0.3 is 0 Å². The number of benzene rings is 1. The molecule has 2 heterocycles. The standard InChI is InChI=1S/C20H26ClN5O2.HI/c1-2-23-20(24-12-15-9-10-18(28-15)19(22)27)25-14-6-5-11-26(13-14)17-8-4-3-7-16(17)21;/h3-4,7-10,14H,2,5-6,11-13H2,1H3,(H2,22,27)(H2,23,24,25);1H. The van der Waals surface area contributed by atoms with Crippen LogP contribution >= 0.6 is 35.6 Å². The fourth-order valence-corrected chi connectivity index (χ4v) is 3.54. The highest BCUT2D eigenvalue weighted by atomic mass is 127. The number of piperidine rings is 1. The lowest BCUT2D eigenvalue weighted by Crippen LogP contribution is -2.51. The van der Waals surface area contributed by atoms with Crippen LogP contribution in [0.4, 0.5) is 5.69 Å². The number of carbonyl (C=O) groups excluding carboxylic acids is 1. The van der Waals surface area contributed by atoms with E-state index in [1.165, 1.54) is 0 Å². The Kier molecular flexibility index (Phi) is 9.09. The predicted octanol–water partition coefficient (Wildman–Crippen LogP) is 3.37. The minimum Gasteiger partial charge on any atom is -0.454 e. The SMILES string of the molecule is CCNC(=NCc1ccc(C(N)=O)o1)NC1CCCN(c2ccccc2Cl)C1.I. The van der Waals surface area contributed by atoms with E-state index in [9.17, 15) is 4.79 Å². The Morgan fingerprint density at radius 1 is 1.34 bits per heavy atom. The maximum Gasteiger partial charge on any atom is 0.284 e. The van der Waals surface area contributed by atoms with E-state index in [4.69, 9.17) is 21.8 Å². The molecule has 29 heavy (non-hydrogen) atoms. The highest BCUT2D eigenvalue weighted by molar-refractivity contribution is 14.0. The maximum atomic E-state index is 11.1. The molecule has 0 aliphatic carbocycles. The van der Waals surface area contributed by atoms with Crippen LogP contribution in [0.2, 0.25) is 5.02 Å². The van der Waals surface area contributed by atoms with Crippen molar-refractivity contribution in [3.8, 4) is 0 Å². The van der Waals surface area contributed by atoms with Crippen LogP contribution in [0, 0.1) is 0 Å². The summed E-state index contributed by atoms with van der Waals surface area (Å²) in [6, 6.07) is 11.5. The van der Waals surface area contributed by atoms with Gasteiger partial charge in [0.05, 0.1) is 10.7 Å². The fourth-order valence-electron chi connectivity index (χ4n) is 3.29. The summed E-state index contributed by atoms with van der Waals surface area (Å²) in [5.41, 5.74) is 6.28. The number of primary amides is 1. The highest BCUT2D eigenvalue weighted by Crippen LogP contribution is 2.27. The molecule has 1 amide bonds. The van der Waals surface area contributed by atoms with E-state index in [0.29, 0.717) is 18.3 Å². The Balaban J connectivity index is 0.00000300. The Hall–Kier alpha value is -1.94. The van der Waals surface area contributed by atoms with E-state index in [0.717, 1.165) is 43.2 Å². The molecule has 0 radical (unpaired) electrons. The number of nitrogens with zero attached hydrogens (tertiary/aromatic N) is 2. The second-order valence-corrected chi connectivity index (χ2v) is 7.11. The number of rotatable bonds is 6. The van der Waals surface area contributed by atoms with E-state index in [1.54, 1.807) is 12.1 Å². The molecule has 2 aromatic rings. The van der Waals surface area contributed by atoms with E-state index < -0.39 is 5.91 Å². The number of nitrogens with two attached hydrogens (primary N) is 1. The molecule has 1 aromatic heterocycles. The summed E-state index contributed by atoms with van der Waals surface area (Å²) in [4.78, 5) is 18.0. The second kappa shape index (κ2) is 11.3. The monoisotopic (exact) mass is 531 g/mol. The molecule has 7 nitrogen and oxygen atoms in total. The third-order valence-electron chi connectivity index (χ3n) is 4.60. The molecule has 1 fully saturated rings. The zero-order valence-corrected chi connectivity index (χ0v) is 19.4. The van der Waals surface area contributed by atoms with Crippen molar-refractivity contribution in [1.29, 1.82) is 0 Å². The van der Waals surface area contributed by atoms with Crippen LogP contribution in [0.3, 0.4) is 0 Å². The van der Waals surface area contributed by atoms with Gasteiger partial charge < -0.3 is 25.7 Å². The molecule has 1 unspecified atom stereocenters.